The van der Waals surface area contributed by atoms with Crippen molar-refractivity contribution in [2.75, 3.05) is 17.7 Å². The summed E-state index contributed by atoms with van der Waals surface area (Å²) in [5.41, 5.74) is -1.26. The van der Waals surface area contributed by atoms with Gasteiger partial charge in [0.25, 0.3) is 20.2 Å². The molecular weight excluding hydrogens is 812 g/mol. The van der Waals surface area contributed by atoms with Crippen molar-refractivity contribution in [1.29, 1.82) is 0 Å². The van der Waals surface area contributed by atoms with Crippen LogP contribution < -0.4 is 5.32 Å². The summed E-state index contributed by atoms with van der Waals surface area (Å²) < 4.78 is 127. The van der Waals surface area contributed by atoms with Crippen molar-refractivity contribution in [1.82, 2.24) is 15.0 Å². The van der Waals surface area contributed by atoms with E-state index in [9.17, 15) is 47.9 Å². The zero-order chi connectivity index (χ0) is 34.2. The quantitative estimate of drug-likeness (QED) is 0.0822. The van der Waals surface area contributed by atoms with Crippen LogP contribution in [0.3, 0.4) is 0 Å². The number of anilines is 2. The molecule has 3 aromatic carbocycles. The van der Waals surface area contributed by atoms with E-state index in [0.717, 1.165) is 36.4 Å². The Morgan fingerprint density at radius 1 is 0.755 bits per heavy atom. The average Bonchev–Trinajstić information content (AvgIpc) is 2.90. The molecule has 0 aliphatic rings. The molecule has 0 unspecified atom stereocenters. The van der Waals surface area contributed by atoms with Crippen LogP contribution in [0.4, 0.5) is 23.0 Å². The molecule has 0 bridgehead atoms. The molecule has 5 N–H and O–H groups in total. The summed E-state index contributed by atoms with van der Waals surface area (Å²) in [6.07, 6.45) is 0. The van der Waals surface area contributed by atoms with Gasteiger partial charge < -0.3 is 10.4 Å². The molecule has 0 saturated heterocycles. The predicted molar refractivity (Wildman–Crippen MR) is 176 cm³/mol. The van der Waals surface area contributed by atoms with E-state index in [1.807, 2.05) is 0 Å². The van der Waals surface area contributed by atoms with Crippen LogP contribution in [0, 0.1) is 0 Å². The maximum Gasteiger partial charge on any atom is 0.397 e. The Hall–Kier alpha value is -0.650. The molecule has 4 aromatic rings. The molecule has 49 heavy (non-hydrogen) atoms. The number of hydrogen-bond donors (Lipinski definition) is 5. The number of phenolic OH excluding ortho intramolecular Hbond substituents is 1. The molecule has 4 rings (SSSR count). The second kappa shape index (κ2) is 17.9. The van der Waals surface area contributed by atoms with Crippen LogP contribution in [0.15, 0.2) is 67.4 Å². The second-order valence-corrected chi connectivity index (χ2v) is 15.3. The Balaban J connectivity index is 0.00000400. The van der Waals surface area contributed by atoms with Gasteiger partial charge in [0.15, 0.2) is 15.6 Å². The van der Waals surface area contributed by atoms with Crippen LogP contribution >= 0.6 is 23.2 Å². The van der Waals surface area contributed by atoms with E-state index in [0.29, 0.717) is 6.07 Å². The van der Waals surface area contributed by atoms with Gasteiger partial charge in [-0.15, -0.1) is 5.11 Å². The number of benzene rings is 3. The number of sulfone groups is 1. The summed E-state index contributed by atoms with van der Waals surface area (Å²) in [4.78, 5) is 8.76. The van der Waals surface area contributed by atoms with Crippen LogP contribution in [-0.2, 0) is 44.7 Å². The fourth-order valence-corrected chi connectivity index (χ4v) is 6.93. The van der Waals surface area contributed by atoms with Gasteiger partial charge >= 0.3 is 10.4 Å². The van der Waals surface area contributed by atoms with Crippen LogP contribution in [0.2, 0.25) is 10.6 Å². The first-order valence-electron chi connectivity index (χ1n) is 11.6. The zero-order valence-corrected chi connectivity index (χ0v) is 35.8. The first-order chi connectivity index (χ1) is 21.2. The van der Waals surface area contributed by atoms with Crippen LogP contribution in [0.25, 0.3) is 10.8 Å². The number of aromatic nitrogens is 3. The molecule has 19 nitrogen and oxygen atoms in total. The van der Waals surface area contributed by atoms with Gasteiger partial charge in [-0.1, -0.05) is 0 Å². The van der Waals surface area contributed by atoms with Crippen molar-refractivity contribution >= 4 is 186 Å². The standard InChI is InChI=1S/C21H16Cl2N6O13S4.3Na/c22-19-25-20(23)27-21(26-19)24-13-5-6-14(44(33,34)35)12-9-15(45(36,37)38)17(18(30)16(12)13)29-28-10-1-3-11(4-2-10)43(31,32)8-7-42-46(39,40)41;;;/h1-6,9,30H,7-8H2,(H,33,34,35)(H,36,37,38)(H,39,40,41)(H,24,25,26,27);;;. The molecule has 0 spiro atoms. The molecule has 1 aromatic heterocycles. The van der Waals surface area contributed by atoms with E-state index in [1.54, 1.807) is 0 Å². The fourth-order valence-electron chi connectivity index (χ4n) is 3.75. The molecule has 0 saturated carbocycles. The summed E-state index contributed by atoms with van der Waals surface area (Å²) >= 11 is 11.6. The first kappa shape index (κ1) is 46.4. The number of halogens is 2. The molecule has 1 heterocycles. The van der Waals surface area contributed by atoms with Crippen molar-refractivity contribution in [3.63, 3.8) is 0 Å². The number of rotatable bonds is 11. The van der Waals surface area contributed by atoms with E-state index >= 15 is 0 Å². The molecule has 3 radical (unpaired) electrons. The molecule has 0 fully saturated rings. The predicted octanol–water partition coefficient (Wildman–Crippen LogP) is 2.14. The van der Waals surface area contributed by atoms with Gasteiger partial charge in [-0.3, -0.25) is 13.7 Å². The van der Waals surface area contributed by atoms with Gasteiger partial charge in [-0.05, 0) is 65.7 Å². The molecular formula is C21H16Cl2N6Na3O13S4. The largest absolute Gasteiger partial charge is 0.505 e. The van der Waals surface area contributed by atoms with Gasteiger partial charge in [0, 0.05) is 94.1 Å². The van der Waals surface area contributed by atoms with Gasteiger partial charge in [0.05, 0.1) is 34.0 Å². The first-order valence-corrected chi connectivity index (χ1v) is 18.3. The van der Waals surface area contributed by atoms with Crippen molar-refractivity contribution in [3.05, 3.63) is 53.0 Å². The molecule has 249 valence electrons. The number of hydrogen-bond acceptors (Lipinski definition) is 16. The normalized spacial score (nSPS) is 12.2. The maximum absolute atomic E-state index is 12.4. The van der Waals surface area contributed by atoms with E-state index in [4.69, 9.17) is 27.8 Å². The maximum atomic E-state index is 12.4. The molecule has 28 heteroatoms. The molecule has 0 amide bonds. The summed E-state index contributed by atoms with van der Waals surface area (Å²) in [6, 6.07) is 6.67. The zero-order valence-electron chi connectivity index (χ0n) is 25.0. The Kier molecular flexibility index (Phi) is 17.0. The van der Waals surface area contributed by atoms with Crippen LogP contribution in [0.5, 0.6) is 5.75 Å². The van der Waals surface area contributed by atoms with Gasteiger partial charge in [0.1, 0.15) is 15.5 Å². The third kappa shape index (κ3) is 12.2. The van der Waals surface area contributed by atoms with E-state index in [2.05, 4.69) is 34.7 Å². The average molecular weight is 829 g/mol. The van der Waals surface area contributed by atoms with Crippen molar-refractivity contribution in [2.45, 2.75) is 14.7 Å². The number of nitrogens with one attached hydrogen (secondary N) is 1. The SMILES string of the molecule is O=S(=O)(O)OCCS(=O)(=O)c1ccc(N=Nc2c(S(=O)(=O)O)cc3c(S(=O)(=O)O)ccc(Nc4nc(Cl)nc(Cl)n4)c3c2O)cc1.[Na].[Na].[Na]. The Labute approximate surface area is 354 Å². The summed E-state index contributed by atoms with van der Waals surface area (Å²) in [5.74, 6) is -2.22. The molecule has 0 aliphatic heterocycles. The van der Waals surface area contributed by atoms with Crippen LogP contribution in [-0.4, -0.2) is 168 Å². The number of aromatic hydroxyl groups is 1. The summed E-state index contributed by atoms with van der Waals surface area (Å²) in [7, 11) is -19.3. The van der Waals surface area contributed by atoms with Crippen molar-refractivity contribution in [3.8, 4) is 5.75 Å². The minimum absolute atomic E-state index is 0. The summed E-state index contributed by atoms with van der Waals surface area (Å²) in [5, 5.41) is 19.4. The van der Waals surface area contributed by atoms with Gasteiger partial charge in [0.2, 0.25) is 16.5 Å². The topological polar surface area (TPSA) is 302 Å². The van der Waals surface area contributed by atoms with E-state index in [-0.39, 0.29) is 121 Å². The van der Waals surface area contributed by atoms with Gasteiger partial charge in [-0.2, -0.15) is 45.3 Å². The Bertz CT molecular complexity index is 2340. The van der Waals surface area contributed by atoms with Crippen molar-refractivity contribution < 1.29 is 56.6 Å². The summed E-state index contributed by atoms with van der Waals surface area (Å²) in [6.45, 7) is -0.883. The smallest absolute Gasteiger partial charge is 0.397 e. The minimum Gasteiger partial charge on any atom is -0.505 e. The number of fused-ring (bicyclic) bond motifs is 1. The van der Waals surface area contributed by atoms with E-state index in [1.165, 1.54) is 0 Å². The third-order valence-corrected chi connectivity index (χ3v) is 9.88. The van der Waals surface area contributed by atoms with Crippen molar-refractivity contribution in [2.24, 2.45) is 10.2 Å². The third-order valence-electron chi connectivity index (χ3n) is 5.60. The second-order valence-electron chi connectivity index (χ2n) is 8.64. The van der Waals surface area contributed by atoms with E-state index < -0.39 is 84.8 Å². The van der Waals surface area contributed by atoms with Gasteiger partial charge in [-0.25, -0.2) is 12.6 Å². The number of azo groups is 1. The molecule has 0 aliphatic carbocycles. The monoisotopic (exact) mass is 827 g/mol. The number of nitrogens with zero attached hydrogens (tertiary/aromatic N) is 5. The fraction of sp³-hybridized carbons (Fsp3) is 0.0952. The van der Waals surface area contributed by atoms with Crippen LogP contribution in [0.1, 0.15) is 0 Å². The molecule has 0 atom stereocenters. The minimum atomic E-state index is -5.27. The Morgan fingerprint density at radius 2 is 1.31 bits per heavy atom. The Morgan fingerprint density at radius 3 is 1.82 bits per heavy atom. The number of phenols is 1.